The fourth-order valence-electron chi connectivity index (χ4n) is 3.00. The molecular formula is C24H31N3O4S. The fraction of sp³-hybridized carbons (Fsp3) is 0.375. The molecule has 0 aliphatic rings. The summed E-state index contributed by atoms with van der Waals surface area (Å²) in [7, 11) is -1.74. The van der Waals surface area contributed by atoms with E-state index < -0.39 is 34.2 Å². The van der Waals surface area contributed by atoms with Crippen LogP contribution < -0.4 is 15.5 Å². The van der Waals surface area contributed by atoms with Crippen LogP contribution in [-0.4, -0.2) is 45.0 Å². The second kappa shape index (κ2) is 11.0. The minimum atomic E-state index is -1.74. The van der Waals surface area contributed by atoms with E-state index in [1.165, 1.54) is 4.90 Å². The number of aryl methyl sites for hydroxylation is 1. The fourth-order valence-corrected chi connectivity index (χ4v) is 3.88. The molecule has 2 atom stereocenters. The Hall–Kier alpha value is -3.00. The van der Waals surface area contributed by atoms with Crippen LogP contribution in [0.1, 0.15) is 33.3 Å². The van der Waals surface area contributed by atoms with Gasteiger partial charge in [-0.3, -0.25) is 23.5 Å². The average Bonchev–Trinajstić information content (AvgIpc) is 2.69. The summed E-state index contributed by atoms with van der Waals surface area (Å²) in [6.45, 7) is 9.13. The van der Waals surface area contributed by atoms with Crippen molar-refractivity contribution in [3.63, 3.8) is 0 Å². The van der Waals surface area contributed by atoms with Crippen LogP contribution in [0, 0.1) is 6.92 Å². The molecule has 2 unspecified atom stereocenters. The highest BCUT2D eigenvalue weighted by molar-refractivity contribution is 7.86. The van der Waals surface area contributed by atoms with Gasteiger partial charge >= 0.3 is 0 Å². The molecular weight excluding hydrogens is 426 g/mol. The van der Waals surface area contributed by atoms with Crippen LogP contribution in [0.3, 0.4) is 0 Å². The molecule has 172 valence electrons. The summed E-state index contributed by atoms with van der Waals surface area (Å²) in [5.41, 5.74) is 1.72. The number of benzene rings is 2. The number of hydrogen-bond donors (Lipinski definition) is 2. The standard InChI is InChI=1S/C24H31N3O4S/c1-17-11-13-19(14-12-17)25-21(28)15-32(31)16-22(29)27(20-9-7-6-8-10-20)18(2)23(30)26-24(3,4)5/h6-14,18H,15-16H2,1-5H3,(H,25,28)(H,26,30). The van der Waals surface area contributed by atoms with Crippen molar-refractivity contribution in [1.29, 1.82) is 0 Å². The van der Waals surface area contributed by atoms with Crippen molar-refractivity contribution >= 4 is 39.9 Å². The first-order valence-corrected chi connectivity index (χ1v) is 11.9. The Balaban J connectivity index is 2.08. The highest BCUT2D eigenvalue weighted by Crippen LogP contribution is 2.18. The van der Waals surface area contributed by atoms with Gasteiger partial charge in [-0.2, -0.15) is 0 Å². The van der Waals surface area contributed by atoms with Crippen molar-refractivity contribution in [2.24, 2.45) is 0 Å². The van der Waals surface area contributed by atoms with Crippen molar-refractivity contribution < 1.29 is 18.6 Å². The van der Waals surface area contributed by atoms with Gasteiger partial charge in [-0.25, -0.2) is 0 Å². The smallest absolute Gasteiger partial charge is 0.243 e. The van der Waals surface area contributed by atoms with Crippen LogP contribution in [0.15, 0.2) is 54.6 Å². The van der Waals surface area contributed by atoms with E-state index in [4.69, 9.17) is 0 Å². The number of rotatable bonds is 8. The number of nitrogens with zero attached hydrogens (tertiary/aromatic N) is 1. The molecule has 2 aromatic rings. The molecule has 2 rings (SSSR count). The lowest BCUT2D eigenvalue weighted by Gasteiger charge is -2.31. The third-order valence-corrected chi connectivity index (χ3v) is 5.63. The summed E-state index contributed by atoms with van der Waals surface area (Å²) in [6.07, 6.45) is 0. The summed E-state index contributed by atoms with van der Waals surface area (Å²) >= 11 is 0. The van der Waals surface area contributed by atoms with E-state index >= 15 is 0 Å². The lowest BCUT2D eigenvalue weighted by molar-refractivity contribution is -0.126. The first-order valence-electron chi connectivity index (χ1n) is 10.4. The van der Waals surface area contributed by atoms with Crippen LogP contribution >= 0.6 is 0 Å². The summed E-state index contributed by atoms with van der Waals surface area (Å²) in [6, 6.07) is 15.2. The molecule has 0 radical (unpaired) electrons. The molecule has 0 aromatic heterocycles. The molecule has 0 saturated carbocycles. The quantitative estimate of drug-likeness (QED) is 0.637. The van der Waals surface area contributed by atoms with E-state index in [1.807, 2.05) is 39.8 Å². The Morgan fingerprint density at radius 3 is 2.12 bits per heavy atom. The van der Waals surface area contributed by atoms with Crippen molar-refractivity contribution in [2.45, 2.75) is 46.2 Å². The number of hydrogen-bond acceptors (Lipinski definition) is 4. The zero-order valence-electron chi connectivity index (χ0n) is 19.2. The number of para-hydroxylation sites is 1. The monoisotopic (exact) mass is 457 g/mol. The van der Waals surface area contributed by atoms with Crippen molar-refractivity contribution in [3.05, 3.63) is 60.2 Å². The van der Waals surface area contributed by atoms with Gasteiger partial charge in [0.2, 0.25) is 17.7 Å². The van der Waals surface area contributed by atoms with E-state index in [1.54, 1.807) is 49.4 Å². The normalized spacial score (nSPS) is 13.0. The first-order chi connectivity index (χ1) is 15.0. The Kier molecular flexibility index (Phi) is 8.72. The minimum absolute atomic E-state index is 0.315. The molecule has 2 aromatic carbocycles. The predicted molar refractivity (Wildman–Crippen MR) is 129 cm³/mol. The van der Waals surface area contributed by atoms with Gasteiger partial charge in [0.15, 0.2) is 0 Å². The van der Waals surface area contributed by atoms with E-state index in [2.05, 4.69) is 10.6 Å². The zero-order valence-corrected chi connectivity index (χ0v) is 20.0. The lowest BCUT2D eigenvalue weighted by Crippen LogP contribution is -2.53. The molecule has 0 aliphatic carbocycles. The number of anilines is 2. The van der Waals surface area contributed by atoms with Gasteiger partial charge < -0.3 is 10.6 Å². The van der Waals surface area contributed by atoms with Crippen molar-refractivity contribution in [1.82, 2.24) is 5.32 Å². The summed E-state index contributed by atoms with van der Waals surface area (Å²) in [5, 5.41) is 5.55. The molecule has 0 saturated heterocycles. The predicted octanol–water partition coefficient (Wildman–Crippen LogP) is 3.02. The van der Waals surface area contributed by atoms with Crippen LogP contribution in [0.4, 0.5) is 11.4 Å². The maximum atomic E-state index is 13.1. The molecule has 2 N–H and O–H groups in total. The van der Waals surface area contributed by atoms with Crippen LogP contribution in [-0.2, 0) is 25.2 Å². The van der Waals surface area contributed by atoms with Crippen LogP contribution in [0.2, 0.25) is 0 Å². The van der Waals surface area contributed by atoms with Gasteiger partial charge in [0, 0.05) is 27.7 Å². The number of carbonyl (C=O) groups excluding carboxylic acids is 3. The summed E-state index contributed by atoms with van der Waals surface area (Å²) in [4.78, 5) is 39.4. The van der Waals surface area contributed by atoms with E-state index in [0.717, 1.165) is 5.56 Å². The van der Waals surface area contributed by atoms with Crippen molar-refractivity contribution in [2.75, 3.05) is 21.7 Å². The van der Waals surface area contributed by atoms with E-state index in [9.17, 15) is 18.6 Å². The van der Waals surface area contributed by atoms with Crippen molar-refractivity contribution in [3.8, 4) is 0 Å². The topological polar surface area (TPSA) is 95.6 Å². The Bertz CT molecular complexity index is 969. The third-order valence-electron chi connectivity index (χ3n) is 4.48. The average molecular weight is 458 g/mol. The van der Waals surface area contributed by atoms with Gasteiger partial charge in [0.05, 0.1) is 0 Å². The molecule has 0 bridgehead atoms. The SMILES string of the molecule is Cc1ccc(NC(=O)CS(=O)CC(=O)N(c2ccccc2)C(C)C(=O)NC(C)(C)C)cc1. The Labute approximate surface area is 192 Å². The highest BCUT2D eigenvalue weighted by Gasteiger charge is 2.30. The van der Waals surface area contributed by atoms with Gasteiger partial charge in [-0.15, -0.1) is 0 Å². The molecule has 8 heteroatoms. The third kappa shape index (κ3) is 7.92. The first kappa shape index (κ1) is 25.3. The molecule has 0 fully saturated rings. The molecule has 3 amide bonds. The zero-order chi connectivity index (χ0) is 23.9. The van der Waals surface area contributed by atoms with Crippen LogP contribution in [0.25, 0.3) is 0 Å². The largest absolute Gasteiger partial charge is 0.350 e. The second-order valence-corrected chi connectivity index (χ2v) is 10.1. The molecule has 0 spiro atoms. The lowest BCUT2D eigenvalue weighted by atomic mass is 10.1. The van der Waals surface area contributed by atoms with Crippen LogP contribution in [0.5, 0.6) is 0 Å². The van der Waals surface area contributed by atoms with Gasteiger partial charge in [-0.1, -0.05) is 35.9 Å². The second-order valence-electron chi connectivity index (χ2n) is 8.66. The minimum Gasteiger partial charge on any atom is -0.350 e. The number of carbonyl (C=O) groups is 3. The van der Waals surface area contributed by atoms with E-state index in [0.29, 0.717) is 11.4 Å². The summed E-state index contributed by atoms with van der Waals surface area (Å²) in [5.74, 6) is -1.94. The summed E-state index contributed by atoms with van der Waals surface area (Å²) < 4.78 is 12.6. The molecule has 0 aliphatic heterocycles. The van der Waals surface area contributed by atoms with E-state index in [-0.39, 0.29) is 17.4 Å². The molecule has 32 heavy (non-hydrogen) atoms. The van der Waals surface area contributed by atoms with Gasteiger partial charge in [0.1, 0.15) is 17.5 Å². The Morgan fingerprint density at radius 2 is 1.56 bits per heavy atom. The van der Waals surface area contributed by atoms with Gasteiger partial charge in [0.25, 0.3) is 0 Å². The highest BCUT2D eigenvalue weighted by atomic mass is 32.2. The molecule has 0 heterocycles. The number of amides is 3. The Morgan fingerprint density at radius 1 is 0.969 bits per heavy atom. The number of nitrogens with one attached hydrogen (secondary N) is 2. The maximum Gasteiger partial charge on any atom is 0.243 e. The van der Waals surface area contributed by atoms with Gasteiger partial charge in [-0.05, 0) is 58.9 Å². The maximum absolute atomic E-state index is 13.1. The molecule has 7 nitrogen and oxygen atoms in total.